The Hall–Kier alpha value is -4.31. The molecule has 0 fully saturated rings. The molecule has 8 nitrogen and oxygen atoms in total. The van der Waals surface area contributed by atoms with Crippen molar-refractivity contribution in [3.05, 3.63) is 137 Å². The van der Waals surface area contributed by atoms with Crippen LogP contribution in [0.15, 0.2) is 91.4 Å². The van der Waals surface area contributed by atoms with Crippen molar-refractivity contribution in [2.24, 2.45) is 5.73 Å². The van der Waals surface area contributed by atoms with Gasteiger partial charge in [0.2, 0.25) is 0 Å². The van der Waals surface area contributed by atoms with E-state index >= 15 is 0 Å². The van der Waals surface area contributed by atoms with Gasteiger partial charge in [0.15, 0.2) is 11.6 Å². The van der Waals surface area contributed by atoms with Crippen molar-refractivity contribution in [2.75, 3.05) is 0 Å². The number of benzene rings is 1. The fraction of sp³-hybridized carbons (Fsp3) is 0.206. The Morgan fingerprint density at radius 2 is 1.14 bits per heavy atom. The first-order valence-corrected chi connectivity index (χ1v) is 13.8. The third-order valence-electron chi connectivity index (χ3n) is 7.08. The molecule has 0 atom stereocenters. The molecule has 6 aromatic rings. The number of nitrogens with two attached hydrogens (primary N) is 1. The summed E-state index contributed by atoms with van der Waals surface area (Å²) in [5.74, 6) is 1.75. The molecule has 0 aliphatic carbocycles. The number of pyridine rings is 3. The minimum absolute atomic E-state index is 0. The van der Waals surface area contributed by atoms with Crippen molar-refractivity contribution in [1.29, 1.82) is 0 Å². The third kappa shape index (κ3) is 8.38. The summed E-state index contributed by atoms with van der Waals surface area (Å²) >= 11 is 0. The molecule has 0 aliphatic heterocycles. The molecule has 0 saturated heterocycles. The molecule has 0 spiro atoms. The molecule has 1 radical (unpaired) electrons. The molecular formula is C34H37N8Os. The van der Waals surface area contributed by atoms with E-state index in [2.05, 4.69) is 58.9 Å². The Morgan fingerprint density at radius 3 is 1.51 bits per heavy atom. The second kappa shape index (κ2) is 15.8. The van der Waals surface area contributed by atoms with Gasteiger partial charge >= 0.3 is 19.8 Å². The van der Waals surface area contributed by atoms with Gasteiger partial charge in [0.05, 0.1) is 11.4 Å². The van der Waals surface area contributed by atoms with E-state index in [1.165, 1.54) is 11.1 Å². The zero-order chi connectivity index (χ0) is 30.1. The molecule has 221 valence electrons. The quantitative estimate of drug-likeness (QED) is 0.210. The summed E-state index contributed by atoms with van der Waals surface area (Å²) in [7, 11) is 0. The predicted octanol–water partition coefficient (Wildman–Crippen LogP) is 6.39. The maximum Gasteiger partial charge on any atom is 1.00 e. The van der Waals surface area contributed by atoms with Crippen LogP contribution < -0.4 is 5.73 Å². The van der Waals surface area contributed by atoms with Crippen molar-refractivity contribution in [1.82, 2.24) is 34.5 Å². The Labute approximate surface area is 267 Å². The largest absolute Gasteiger partial charge is 1.00 e. The van der Waals surface area contributed by atoms with E-state index in [0.29, 0.717) is 6.54 Å². The van der Waals surface area contributed by atoms with E-state index in [9.17, 15) is 0 Å². The van der Waals surface area contributed by atoms with Gasteiger partial charge in [-0.25, -0.2) is 19.3 Å². The first-order valence-electron chi connectivity index (χ1n) is 13.8. The second-order valence-electron chi connectivity index (χ2n) is 9.82. The second-order valence-corrected chi connectivity index (χ2v) is 9.82. The maximum absolute atomic E-state index is 5.56. The molecule has 0 unspecified atom stereocenters. The fourth-order valence-corrected chi connectivity index (χ4v) is 4.16. The topological polar surface area (TPSA) is 100 Å². The number of rotatable bonds is 4. The van der Waals surface area contributed by atoms with Crippen molar-refractivity contribution in [2.45, 2.75) is 48.1 Å². The molecule has 1 aromatic carbocycles. The van der Waals surface area contributed by atoms with Gasteiger partial charge in [0.25, 0.3) is 0 Å². The van der Waals surface area contributed by atoms with Gasteiger partial charge < -0.3 is 10.7 Å². The molecule has 5 heterocycles. The number of hydrogen-bond acceptors (Lipinski definition) is 6. The summed E-state index contributed by atoms with van der Waals surface area (Å²) in [5.41, 5.74) is 15.5. The summed E-state index contributed by atoms with van der Waals surface area (Å²) in [6.07, 6.45) is 5.33. The first kappa shape index (κ1) is 33.2. The van der Waals surface area contributed by atoms with E-state index < -0.39 is 0 Å². The predicted molar refractivity (Wildman–Crippen MR) is 168 cm³/mol. The fourth-order valence-electron chi connectivity index (χ4n) is 4.16. The summed E-state index contributed by atoms with van der Waals surface area (Å²) in [6.45, 7) is 12.9. The van der Waals surface area contributed by atoms with Crippen LogP contribution in [0.2, 0.25) is 0 Å². The van der Waals surface area contributed by atoms with Gasteiger partial charge in [-0.15, -0.1) is 35.4 Å². The van der Waals surface area contributed by atoms with Gasteiger partial charge in [-0.05, 0) is 88.7 Å². The van der Waals surface area contributed by atoms with Crippen molar-refractivity contribution >= 4 is 0 Å². The molecule has 5 aromatic heterocycles. The van der Waals surface area contributed by atoms with Gasteiger partial charge in [0.1, 0.15) is 0 Å². The summed E-state index contributed by atoms with van der Waals surface area (Å²) < 4.78 is 3.76. The third-order valence-corrected chi connectivity index (χ3v) is 7.08. The Balaban J connectivity index is 0.000000175. The van der Waals surface area contributed by atoms with E-state index in [0.717, 1.165) is 51.2 Å². The number of hydrogen-bond donors (Lipinski definition) is 1. The van der Waals surface area contributed by atoms with Crippen LogP contribution in [-0.4, -0.2) is 34.5 Å². The Bertz CT molecular complexity index is 1620. The molecule has 2 N–H and O–H groups in total. The molecule has 6 rings (SSSR count). The summed E-state index contributed by atoms with van der Waals surface area (Å²) in [6, 6.07) is 26.5. The number of nitrogens with zero attached hydrogens (tertiary/aromatic N) is 7. The van der Waals surface area contributed by atoms with Gasteiger partial charge in [-0.2, -0.15) is 10.2 Å². The first-order chi connectivity index (χ1) is 20.3. The van der Waals surface area contributed by atoms with Crippen LogP contribution in [0.5, 0.6) is 0 Å². The minimum atomic E-state index is 0. The zero-order valence-corrected chi connectivity index (χ0v) is 28.0. The summed E-state index contributed by atoms with van der Waals surface area (Å²) in [5, 5.41) is 8.87. The molecule has 9 heteroatoms. The molecule has 0 amide bonds. The molecule has 43 heavy (non-hydrogen) atoms. The average Bonchev–Trinajstić information content (AvgIpc) is 3.46. The standard InChI is InChI=1S/C12H11N2.2C11H13N3.Os/c13-9-10-4-3-5-11(8-10)12-6-1-2-7-14-12;2*1-8-9(2)13-14(10(8)3)11-6-4-5-7-12-11;/h1-4,6-8H,9,13H2;2*4-7H,1-3H3;/q-1;;;+1. The Kier molecular flexibility index (Phi) is 12.2. The molecule has 0 saturated carbocycles. The van der Waals surface area contributed by atoms with Crippen LogP contribution >= 0.6 is 0 Å². The number of aromatic nitrogens is 7. The van der Waals surface area contributed by atoms with Crippen LogP contribution in [0.4, 0.5) is 0 Å². The Morgan fingerprint density at radius 1 is 0.651 bits per heavy atom. The van der Waals surface area contributed by atoms with Crippen LogP contribution in [0, 0.1) is 47.6 Å². The monoisotopic (exact) mass is 749 g/mol. The average molecular weight is 748 g/mol. The van der Waals surface area contributed by atoms with E-state index in [4.69, 9.17) is 5.73 Å². The van der Waals surface area contributed by atoms with Crippen LogP contribution in [0.25, 0.3) is 22.9 Å². The SMILES string of the molecule is Cc1nn(-c2ccccn2)c(C)c1C.Cc1nn(-c2ccccn2)c(C)c1C.NCc1cc[c-]c(-c2ccccn2)c1.[Os+]. The van der Waals surface area contributed by atoms with E-state index in [1.54, 1.807) is 18.6 Å². The van der Waals surface area contributed by atoms with Crippen LogP contribution in [0.3, 0.4) is 0 Å². The molecule has 0 bridgehead atoms. The zero-order valence-electron chi connectivity index (χ0n) is 25.4. The minimum Gasteiger partial charge on any atom is -0.328 e. The molecule has 0 aliphatic rings. The van der Waals surface area contributed by atoms with Crippen molar-refractivity contribution < 1.29 is 19.8 Å². The summed E-state index contributed by atoms with van der Waals surface area (Å²) in [4.78, 5) is 12.8. The number of aryl methyl sites for hydroxylation is 2. The van der Waals surface area contributed by atoms with Crippen LogP contribution in [-0.2, 0) is 26.3 Å². The van der Waals surface area contributed by atoms with Crippen LogP contribution in [0.1, 0.15) is 39.5 Å². The van der Waals surface area contributed by atoms with Crippen molar-refractivity contribution in [3.8, 4) is 22.9 Å². The maximum atomic E-state index is 5.56. The van der Waals surface area contributed by atoms with Crippen molar-refractivity contribution in [3.63, 3.8) is 0 Å². The van der Waals surface area contributed by atoms with Gasteiger partial charge in [-0.1, -0.05) is 24.3 Å². The van der Waals surface area contributed by atoms with E-state index in [1.807, 2.05) is 96.0 Å². The molecular weight excluding hydrogens is 711 g/mol. The van der Waals surface area contributed by atoms with Gasteiger partial charge in [0, 0.05) is 36.5 Å². The smallest absolute Gasteiger partial charge is 0.328 e. The van der Waals surface area contributed by atoms with E-state index in [-0.39, 0.29) is 19.8 Å². The van der Waals surface area contributed by atoms with Gasteiger partial charge in [-0.3, -0.25) is 0 Å². The normalized spacial score (nSPS) is 10.1.